The number of piperidine rings is 1. The van der Waals surface area contributed by atoms with E-state index in [9.17, 15) is 4.79 Å². The second-order valence-electron chi connectivity index (χ2n) is 4.44. The maximum Gasteiger partial charge on any atom is 0.307 e. The van der Waals surface area contributed by atoms with Gasteiger partial charge in [0.05, 0.1) is 5.92 Å². The van der Waals surface area contributed by atoms with Crippen molar-refractivity contribution in [3.8, 4) is 0 Å². The van der Waals surface area contributed by atoms with Gasteiger partial charge in [-0.15, -0.1) is 0 Å². The molecule has 1 saturated heterocycles. The van der Waals surface area contributed by atoms with Gasteiger partial charge in [0.25, 0.3) is 0 Å². The molecule has 0 radical (unpaired) electrons. The van der Waals surface area contributed by atoms with Gasteiger partial charge in [0.2, 0.25) is 0 Å². The van der Waals surface area contributed by atoms with Crippen LogP contribution in [0.2, 0.25) is 0 Å². The van der Waals surface area contributed by atoms with E-state index in [1.54, 1.807) is 14.0 Å². The fraction of sp³-hybridized carbons (Fsp3) is 0.909. The predicted octanol–water partition coefficient (Wildman–Crippen LogP) is 1.07. The fourth-order valence-corrected chi connectivity index (χ4v) is 2.04. The van der Waals surface area contributed by atoms with Crippen molar-refractivity contribution in [1.29, 1.82) is 0 Å². The minimum absolute atomic E-state index is 0.260. The topological polar surface area (TPSA) is 49.8 Å². The zero-order valence-electron chi connectivity index (χ0n) is 9.61. The highest BCUT2D eigenvalue weighted by molar-refractivity contribution is 5.69. The number of hydrogen-bond donors (Lipinski definition) is 1. The summed E-state index contributed by atoms with van der Waals surface area (Å²) >= 11 is 0. The van der Waals surface area contributed by atoms with Crippen LogP contribution in [0.25, 0.3) is 0 Å². The summed E-state index contributed by atoms with van der Waals surface area (Å²) in [5, 5.41) is 8.80. The van der Waals surface area contributed by atoms with Crippen LogP contribution in [0.5, 0.6) is 0 Å². The van der Waals surface area contributed by atoms with Crippen LogP contribution < -0.4 is 0 Å². The van der Waals surface area contributed by atoms with Crippen molar-refractivity contribution in [2.75, 3.05) is 33.4 Å². The summed E-state index contributed by atoms with van der Waals surface area (Å²) in [5.41, 5.74) is 0. The van der Waals surface area contributed by atoms with Crippen LogP contribution in [0.1, 0.15) is 19.8 Å². The van der Waals surface area contributed by atoms with Gasteiger partial charge in [-0.1, -0.05) is 6.92 Å². The maximum absolute atomic E-state index is 10.7. The zero-order chi connectivity index (χ0) is 11.3. The lowest BCUT2D eigenvalue weighted by molar-refractivity contribution is -0.141. The van der Waals surface area contributed by atoms with Gasteiger partial charge in [-0.05, 0) is 31.8 Å². The average molecular weight is 215 g/mol. The van der Waals surface area contributed by atoms with E-state index in [0.717, 1.165) is 32.5 Å². The van der Waals surface area contributed by atoms with E-state index >= 15 is 0 Å². The van der Waals surface area contributed by atoms with Crippen LogP contribution in [-0.2, 0) is 9.53 Å². The molecule has 1 rings (SSSR count). The number of ether oxygens (including phenoxy) is 1. The Hall–Kier alpha value is -0.610. The summed E-state index contributed by atoms with van der Waals surface area (Å²) in [7, 11) is 1.73. The minimum Gasteiger partial charge on any atom is -0.481 e. The van der Waals surface area contributed by atoms with Crippen LogP contribution in [-0.4, -0.2) is 49.3 Å². The van der Waals surface area contributed by atoms with Crippen molar-refractivity contribution in [2.24, 2.45) is 11.8 Å². The lowest BCUT2D eigenvalue weighted by Gasteiger charge is -2.32. The predicted molar refractivity (Wildman–Crippen MR) is 57.8 cm³/mol. The number of likely N-dealkylation sites (tertiary alicyclic amines) is 1. The molecule has 15 heavy (non-hydrogen) atoms. The summed E-state index contributed by atoms with van der Waals surface area (Å²) < 4.78 is 5.12. The molecule has 1 aliphatic heterocycles. The monoisotopic (exact) mass is 215 g/mol. The number of carboxylic acid groups (broad SMARTS) is 1. The molecule has 0 amide bonds. The van der Waals surface area contributed by atoms with E-state index in [1.807, 2.05) is 0 Å². The van der Waals surface area contributed by atoms with Gasteiger partial charge in [-0.3, -0.25) is 4.79 Å². The SMILES string of the molecule is COCC1CCN(CC(C)C(=O)O)CC1. The summed E-state index contributed by atoms with van der Waals surface area (Å²) in [6, 6.07) is 0. The molecule has 1 fully saturated rings. The molecule has 88 valence electrons. The Kier molecular flexibility index (Phi) is 5.05. The largest absolute Gasteiger partial charge is 0.481 e. The fourth-order valence-electron chi connectivity index (χ4n) is 2.04. The van der Waals surface area contributed by atoms with Gasteiger partial charge >= 0.3 is 5.97 Å². The highest BCUT2D eigenvalue weighted by Gasteiger charge is 2.22. The summed E-state index contributed by atoms with van der Waals surface area (Å²) in [4.78, 5) is 12.9. The average Bonchev–Trinajstić information content (AvgIpc) is 2.21. The smallest absolute Gasteiger partial charge is 0.307 e. The first kappa shape index (κ1) is 12.5. The molecule has 0 saturated carbocycles. The third-order valence-corrected chi connectivity index (χ3v) is 3.06. The molecule has 0 aliphatic carbocycles. The number of carboxylic acids is 1. The lowest BCUT2D eigenvalue weighted by Crippen LogP contribution is -2.39. The zero-order valence-corrected chi connectivity index (χ0v) is 9.61. The molecule has 1 unspecified atom stereocenters. The van der Waals surface area contributed by atoms with E-state index in [1.165, 1.54) is 0 Å². The molecule has 1 N–H and O–H groups in total. The van der Waals surface area contributed by atoms with Gasteiger partial charge in [0.15, 0.2) is 0 Å². The number of methoxy groups -OCH3 is 1. The molecular weight excluding hydrogens is 194 g/mol. The standard InChI is InChI=1S/C11H21NO3/c1-9(11(13)14)7-12-5-3-10(4-6-12)8-15-2/h9-10H,3-8H2,1-2H3,(H,13,14). The third-order valence-electron chi connectivity index (χ3n) is 3.06. The van der Waals surface area contributed by atoms with Crippen molar-refractivity contribution >= 4 is 5.97 Å². The molecule has 1 heterocycles. The molecule has 0 aromatic rings. The quantitative estimate of drug-likeness (QED) is 0.745. The number of carbonyl (C=O) groups is 1. The van der Waals surface area contributed by atoms with Crippen molar-refractivity contribution in [3.63, 3.8) is 0 Å². The van der Waals surface area contributed by atoms with Gasteiger partial charge in [0, 0.05) is 20.3 Å². The van der Waals surface area contributed by atoms with E-state index in [4.69, 9.17) is 9.84 Å². The highest BCUT2D eigenvalue weighted by Crippen LogP contribution is 2.18. The Bertz CT molecular complexity index is 200. The molecular formula is C11H21NO3. The van der Waals surface area contributed by atoms with Crippen molar-refractivity contribution in [3.05, 3.63) is 0 Å². The minimum atomic E-state index is -0.700. The van der Waals surface area contributed by atoms with Gasteiger partial charge in [-0.2, -0.15) is 0 Å². The molecule has 0 bridgehead atoms. The Balaban J connectivity index is 2.22. The van der Waals surface area contributed by atoms with Crippen molar-refractivity contribution in [1.82, 2.24) is 4.90 Å². The highest BCUT2D eigenvalue weighted by atomic mass is 16.5. The van der Waals surface area contributed by atoms with Gasteiger partial charge < -0.3 is 14.7 Å². The molecule has 1 aliphatic rings. The molecule has 4 nitrogen and oxygen atoms in total. The Morgan fingerprint density at radius 3 is 2.60 bits per heavy atom. The van der Waals surface area contributed by atoms with Crippen LogP contribution >= 0.6 is 0 Å². The van der Waals surface area contributed by atoms with E-state index in [2.05, 4.69) is 4.90 Å². The number of rotatable bonds is 5. The normalized spacial score (nSPS) is 21.5. The first-order chi connectivity index (χ1) is 7.13. The second-order valence-corrected chi connectivity index (χ2v) is 4.44. The van der Waals surface area contributed by atoms with Crippen LogP contribution in [0, 0.1) is 11.8 Å². The van der Waals surface area contributed by atoms with Crippen LogP contribution in [0.15, 0.2) is 0 Å². The second kappa shape index (κ2) is 6.08. The summed E-state index contributed by atoms with van der Waals surface area (Å²) in [6.45, 7) is 5.29. The van der Waals surface area contributed by atoms with Gasteiger partial charge in [-0.25, -0.2) is 0 Å². The number of aliphatic carboxylic acids is 1. The molecule has 0 spiro atoms. The lowest BCUT2D eigenvalue weighted by atomic mass is 9.97. The number of nitrogens with zero attached hydrogens (tertiary/aromatic N) is 1. The maximum atomic E-state index is 10.7. The first-order valence-corrected chi connectivity index (χ1v) is 5.57. The summed E-state index contributed by atoms with van der Waals surface area (Å²) in [5.74, 6) is -0.302. The molecule has 1 atom stereocenters. The van der Waals surface area contributed by atoms with Gasteiger partial charge in [0.1, 0.15) is 0 Å². The van der Waals surface area contributed by atoms with E-state index in [0.29, 0.717) is 12.5 Å². The Labute approximate surface area is 91.2 Å². The van der Waals surface area contributed by atoms with Crippen molar-refractivity contribution in [2.45, 2.75) is 19.8 Å². The van der Waals surface area contributed by atoms with Crippen molar-refractivity contribution < 1.29 is 14.6 Å². The van der Waals surface area contributed by atoms with Crippen LogP contribution in [0.4, 0.5) is 0 Å². The summed E-state index contributed by atoms with van der Waals surface area (Å²) in [6.07, 6.45) is 2.25. The van der Waals surface area contributed by atoms with E-state index in [-0.39, 0.29) is 5.92 Å². The Morgan fingerprint density at radius 2 is 2.13 bits per heavy atom. The molecule has 4 heteroatoms. The molecule has 0 aromatic carbocycles. The third kappa shape index (κ3) is 4.18. The Morgan fingerprint density at radius 1 is 1.53 bits per heavy atom. The first-order valence-electron chi connectivity index (χ1n) is 5.57. The number of hydrogen-bond acceptors (Lipinski definition) is 3. The van der Waals surface area contributed by atoms with Crippen LogP contribution in [0.3, 0.4) is 0 Å². The van der Waals surface area contributed by atoms with E-state index < -0.39 is 5.97 Å². The molecule has 0 aromatic heterocycles.